The smallest absolute Gasteiger partial charge is 0.408 e. The molecule has 6 heteroatoms. The quantitative estimate of drug-likeness (QED) is 0.845. The van der Waals surface area contributed by atoms with Crippen LogP contribution in [0, 0.1) is 0 Å². The van der Waals surface area contributed by atoms with Crippen LogP contribution in [0.25, 0.3) is 0 Å². The zero-order chi connectivity index (χ0) is 17.6. The van der Waals surface area contributed by atoms with Gasteiger partial charge in [0.1, 0.15) is 5.75 Å². The number of rotatable bonds is 6. The van der Waals surface area contributed by atoms with Gasteiger partial charge in [-0.2, -0.15) is 0 Å². The Labute approximate surface area is 146 Å². The number of alkyl carbamates (subject to hydrolysis) is 1. The fourth-order valence-electron chi connectivity index (χ4n) is 2.76. The molecule has 3 rings (SSSR count). The van der Waals surface area contributed by atoms with E-state index in [-0.39, 0.29) is 5.91 Å². The molecule has 0 spiro atoms. The standard InChI is InChI=1S/C19H20N2O4/c1-24-15-9-7-13(8-10-15)11-12-20-18(22)16-17(25-19(23)21-16)14-5-3-2-4-6-14/h2-10,16-17H,11-12H2,1H3,(H,20,22)(H,21,23). The number of amides is 2. The lowest BCUT2D eigenvalue weighted by atomic mass is 10.0. The van der Waals surface area contributed by atoms with E-state index in [4.69, 9.17) is 9.47 Å². The lowest BCUT2D eigenvalue weighted by molar-refractivity contribution is -0.124. The first-order chi connectivity index (χ1) is 12.2. The zero-order valence-corrected chi connectivity index (χ0v) is 13.9. The van der Waals surface area contributed by atoms with Gasteiger partial charge in [-0.1, -0.05) is 42.5 Å². The summed E-state index contributed by atoms with van der Waals surface area (Å²) in [7, 11) is 1.62. The Kier molecular flexibility index (Phi) is 5.18. The molecule has 1 fully saturated rings. The van der Waals surface area contributed by atoms with Crippen molar-refractivity contribution in [3.63, 3.8) is 0 Å². The molecule has 2 N–H and O–H groups in total. The third-order valence-corrected chi connectivity index (χ3v) is 4.09. The predicted octanol–water partition coefficient (Wildman–Crippen LogP) is 2.20. The summed E-state index contributed by atoms with van der Waals surface area (Å²) in [6, 6.07) is 16.2. The molecular weight excluding hydrogens is 320 g/mol. The van der Waals surface area contributed by atoms with Crippen LogP contribution < -0.4 is 15.4 Å². The van der Waals surface area contributed by atoms with Crippen molar-refractivity contribution in [2.75, 3.05) is 13.7 Å². The first-order valence-corrected chi connectivity index (χ1v) is 8.10. The Morgan fingerprint density at radius 1 is 1.16 bits per heavy atom. The number of carbonyl (C=O) groups excluding carboxylic acids is 2. The maximum atomic E-state index is 12.4. The molecule has 2 aromatic rings. The van der Waals surface area contributed by atoms with Crippen molar-refractivity contribution < 1.29 is 19.1 Å². The highest BCUT2D eigenvalue weighted by Crippen LogP contribution is 2.26. The van der Waals surface area contributed by atoms with Gasteiger partial charge in [0, 0.05) is 6.54 Å². The number of benzene rings is 2. The maximum Gasteiger partial charge on any atom is 0.408 e. The van der Waals surface area contributed by atoms with Crippen LogP contribution >= 0.6 is 0 Å². The lowest BCUT2D eigenvalue weighted by Gasteiger charge is -2.17. The summed E-state index contributed by atoms with van der Waals surface area (Å²) in [4.78, 5) is 24.0. The summed E-state index contributed by atoms with van der Waals surface area (Å²) >= 11 is 0. The maximum absolute atomic E-state index is 12.4. The number of ether oxygens (including phenoxy) is 2. The molecule has 2 atom stereocenters. The molecule has 1 saturated heterocycles. The Hall–Kier alpha value is -3.02. The SMILES string of the molecule is COc1ccc(CCNC(=O)C2NC(=O)OC2c2ccccc2)cc1. The van der Waals surface area contributed by atoms with E-state index in [1.807, 2.05) is 54.6 Å². The molecule has 1 aliphatic rings. The summed E-state index contributed by atoms with van der Waals surface area (Å²) in [5, 5.41) is 5.43. The molecular formula is C19H20N2O4. The van der Waals surface area contributed by atoms with Gasteiger partial charge in [0.2, 0.25) is 5.91 Å². The second-order valence-electron chi connectivity index (χ2n) is 5.75. The molecule has 130 valence electrons. The average Bonchev–Trinajstić information content (AvgIpc) is 3.05. The van der Waals surface area contributed by atoms with Gasteiger partial charge in [-0.15, -0.1) is 0 Å². The van der Waals surface area contributed by atoms with E-state index in [1.54, 1.807) is 7.11 Å². The number of cyclic esters (lactones) is 1. The molecule has 0 saturated carbocycles. The van der Waals surface area contributed by atoms with E-state index < -0.39 is 18.2 Å². The van der Waals surface area contributed by atoms with E-state index >= 15 is 0 Å². The molecule has 0 radical (unpaired) electrons. The summed E-state index contributed by atoms with van der Waals surface area (Å²) in [6.07, 6.45) is -0.508. The van der Waals surface area contributed by atoms with Crippen LogP contribution in [0.15, 0.2) is 54.6 Å². The fraction of sp³-hybridized carbons (Fsp3) is 0.263. The molecule has 0 aromatic heterocycles. The summed E-state index contributed by atoms with van der Waals surface area (Å²) in [5.41, 5.74) is 1.88. The van der Waals surface area contributed by atoms with Crippen molar-refractivity contribution in [2.45, 2.75) is 18.6 Å². The third-order valence-electron chi connectivity index (χ3n) is 4.09. The normalized spacial score (nSPS) is 19.0. The largest absolute Gasteiger partial charge is 0.497 e. The van der Waals surface area contributed by atoms with Crippen LogP contribution in [0.3, 0.4) is 0 Å². The average molecular weight is 340 g/mol. The highest BCUT2D eigenvalue weighted by Gasteiger charge is 2.39. The highest BCUT2D eigenvalue weighted by atomic mass is 16.6. The summed E-state index contributed by atoms with van der Waals surface area (Å²) in [6.45, 7) is 0.471. The molecule has 0 aliphatic carbocycles. The van der Waals surface area contributed by atoms with Gasteiger partial charge >= 0.3 is 6.09 Å². The van der Waals surface area contributed by atoms with E-state index in [0.29, 0.717) is 13.0 Å². The first kappa shape index (κ1) is 16.8. The molecule has 1 heterocycles. The van der Waals surface area contributed by atoms with Crippen LogP contribution in [-0.4, -0.2) is 31.7 Å². The van der Waals surface area contributed by atoms with Crippen molar-refractivity contribution in [1.29, 1.82) is 0 Å². The third kappa shape index (κ3) is 4.09. The molecule has 0 bridgehead atoms. The number of nitrogens with one attached hydrogen (secondary N) is 2. The number of carbonyl (C=O) groups is 2. The number of hydrogen-bond acceptors (Lipinski definition) is 4. The van der Waals surface area contributed by atoms with E-state index in [1.165, 1.54) is 0 Å². The van der Waals surface area contributed by atoms with Gasteiger partial charge in [-0.25, -0.2) is 4.79 Å². The molecule has 25 heavy (non-hydrogen) atoms. The molecule has 2 unspecified atom stereocenters. The Morgan fingerprint density at radius 3 is 2.56 bits per heavy atom. The van der Waals surface area contributed by atoms with Crippen LogP contribution in [0.4, 0.5) is 4.79 Å². The lowest BCUT2D eigenvalue weighted by Crippen LogP contribution is -2.44. The van der Waals surface area contributed by atoms with Crippen molar-refractivity contribution in [2.24, 2.45) is 0 Å². The van der Waals surface area contributed by atoms with Crippen LogP contribution in [0.1, 0.15) is 17.2 Å². The predicted molar refractivity (Wildman–Crippen MR) is 92.3 cm³/mol. The number of methoxy groups -OCH3 is 1. The minimum Gasteiger partial charge on any atom is -0.497 e. The van der Waals surface area contributed by atoms with Crippen molar-refractivity contribution in [1.82, 2.24) is 10.6 Å². The van der Waals surface area contributed by atoms with Gasteiger partial charge in [0.05, 0.1) is 7.11 Å². The van der Waals surface area contributed by atoms with Gasteiger partial charge in [-0.3, -0.25) is 4.79 Å². The summed E-state index contributed by atoms with van der Waals surface area (Å²) < 4.78 is 10.4. The molecule has 2 amide bonds. The second-order valence-corrected chi connectivity index (χ2v) is 5.75. The van der Waals surface area contributed by atoms with Crippen LogP contribution in [-0.2, 0) is 16.0 Å². The van der Waals surface area contributed by atoms with E-state index in [0.717, 1.165) is 16.9 Å². The minimum absolute atomic E-state index is 0.256. The van der Waals surface area contributed by atoms with Crippen molar-refractivity contribution in [3.05, 3.63) is 65.7 Å². The second kappa shape index (κ2) is 7.70. The Morgan fingerprint density at radius 2 is 1.88 bits per heavy atom. The monoisotopic (exact) mass is 340 g/mol. The summed E-state index contributed by atoms with van der Waals surface area (Å²) in [5.74, 6) is 0.539. The Bertz CT molecular complexity index is 731. The van der Waals surface area contributed by atoms with Gasteiger partial charge in [-0.05, 0) is 29.7 Å². The van der Waals surface area contributed by atoms with Crippen LogP contribution in [0.5, 0.6) is 5.75 Å². The molecule has 6 nitrogen and oxygen atoms in total. The van der Waals surface area contributed by atoms with Crippen LogP contribution in [0.2, 0.25) is 0 Å². The molecule has 2 aromatic carbocycles. The van der Waals surface area contributed by atoms with Gasteiger partial charge in [0.15, 0.2) is 12.1 Å². The molecule has 1 aliphatic heterocycles. The van der Waals surface area contributed by atoms with Gasteiger partial charge < -0.3 is 20.1 Å². The van der Waals surface area contributed by atoms with Gasteiger partial charge in [0.25, 0.3) is 0 Å². The fourth-order valence-corrected chi connectivity index (χ4v) is 2.76. The number of hydrogen-bond donors (Lipinski definition) is 2. The van der Waals surface area contributed by atoms with E-state index in [2.05, 4.69) is 10.6 Å². The topological polar surface area (TPSA) is 76.7 Å². The zero-order valence-electron chi connectivity index (χ0n) is 13.9. The Balaban J connectivity index is 1.57. The first-order valence-electron chi connectivity index (χ1n) is 8.10. The van der Waals surface area contributed by atoms with Crippen molar-refractivity contribution in [3.8, 4) is 5.75 Å². The van der Waals surface area contributed by atoms with Crippen molar-refractivity contribution >= 4 is 12.0 Å². The minimum atomic E-state index is -0.731. The highest BCUT2D eigenvalue weighted by molar-refractivity contribution is 5.88. The van der Waals surface area contributed by atoms with E-state index in [9.17, 15) is 9.59 Å².